The molecule has 0 bridgehead atoms. The highest BCUT2D eigenvalue weighted by atomic mass is 16.5. The molecule has 1 fully saturated rings. The predicted molar refractivity (Wildman–Crippen MR) is 113 cm³/mol. The van der Waals surface area contributed by atoms with Gasteiger partial charge in [0.25, 0.3) is 0 Å². The number of ether oxygens (including phenoxy) is 3. The second-order valence-corrected chi connectivity index (χ2v) is 8.16. The third-order valence-corrected chi connectivity index (χ3v) is 6.50. The Morgan fingerprint density at radius 2 is 1.76 bits per heavy atom. The lowest BCUT2D eigenvalue weighted by Gasteiger charge is -2.42. The summed E-state index contributed by atoms with van der Waals surface area (Å²) in [5.41, 5.74) is 3.40. The van der Waals surface area contributed by atoms with Gasteiger partial charge >= 0.3 is 0 Å². The monoisotopic (exact) mass is 392 g/mol. The van der Waals surface area contributed by atoms with E-state index in [0.717, 1.165) is 34.9 Å². The Bertz CT molecular complexity index is 920. The summed E-state index contributed by atoms with van der Waals surface area (Å²) in [5.74, 6) is 3.03. The minimum absolute atomic E-state index is 0.0212. The summed E-state index contributed by atoms with van der Waals surface area (Å²) in [5, 5.41) is 7.34. The van der Waals surface area contributed by atoms with Crippen LogP contribution in [0.3, 0.4) is 0 Å². The average molecular weight is 392 g/mol. The van der Waals surface area contributed by atoms with Crippen LogP contribution in [-0.4, -0.2) is 31.2 Å². The van der Waals surface area contributed by atoms with Crippen molar-refractivity contribution in [2.45, 2.75) is 50.8 Å². The van der Waals surface area contributed by atoms with Crippen molar-refractivity contribution in [1.29, 1.82) is 0 Å². The van der Waals surface area contributed by atoms with Crippen molar-refractivity contribution < 1.29 is 14.2 Å². The molecule has 0 amide bonds. The Morgan fingerprint density at radius 1 is 0.966 bits per heavy atom. The van der Waals surface area contributed by atoms with Crippen LogP contribution in [0.15, 0.2) is 47.6 Å². The highest BCUT2D eigenvalue weighted by molar-refractivity contribution is 6.02. The Hall–Kier alpha value is -2.69. The van der Waals surface area contributed by atoms with Crippen molar-refractivity contribution in [2.24, 2.45) is 11.0 Å². The smallest absolute Gasteiger partial charge is 0.190 e. The summed E-state index contributed by atoms with van der Waals surface area (Å²) in [6.07, 6.45) is 7.25. The van der Waals surface area contributed by atoms with Gasteiger partial charge in [-0.05, 0) is 37.1 Å². The molecule has 3 aliphatic rings. The molecule has 29 heavy (non-hydrogen) atoms. The maximum Gasteiger partial charge on any atom is 0.190 e. The Labute approximate surface area is 172 Å². The molecular formula is C24H28N2O3. The van der Waals surface area contributed by atoms with Gasteiger partial charge < -0.3 is 14.2 Å². The molecule has 0 saturated heterocycles. The number of rotatable bonds is 4. The molecule has 1 saturated carbocycles. The molecule has 5 nitrogen and oxygen atoms in total. The first-order chi connectivity index (χ1) is 14.3. The summed E-state index contributed by atoms with van der Waals surface area (Å²) in [6.45, 7) is 0. The Kier molecular flexibility index (Phi) is 4.82. The minimum Gasteiger partial charge on any atom is -0.493 e. The molecule has 2 aromatic rings. The lowest BCUT2D eigenvalue weighted by molar-refractivity contribution is -0.0643. The van der Waals surface area contributed by atoms with Crippen molar-refractivity contribution in [2.75, 3.05) is 14.2 Å². The van der Waals surface area contributed by atoms with Crippen LogP contribution < -0.4 is 14.2 Å². The number of benzene rings is 2. The van der Waals surface area contributed by atoms with E-state index in [9.17, 15) is 0 Å². The second-order valence-electron chi connectivity index (χ2n) is 8.16. The molecule has 5 rings (SSSR count). The number of hydrogen-bond acceptors (Lipinski definition) is 5. The van der Waals surface area contributed by atoms with E-state index >= 15 is 0 Å². The van der Waals surface area contributed by atoms with Gasteiger partial charge in [-0.1, -0.05) is 37.5 Å². The Morgan fingerprint density at radius 3 is 2.55 bits per heavy atom. The van der Waals surface area contributed by atoms with Gasteiger partial charge in [0.1, 0.15) is 5.75 Å². The van der Waals surface area contributed by atoms with Gasteiger partial charge in [0.15, 0.2) is 17.7 Å². The fourth-order valence-electron chi connectivity index (χ4n) is 4.98. The topological polar surface area (TPSA) is 43.3 Å². The van der Waals surface area contributed by atoms with Gasteiger partial charge in [-0.15, -0.1) is 0 Å². The van der Waals surface area contributed by atoms with E-state index in [1.807, 2.05) is 12.1 Å². The first kappa shape index (κ1) is 18.3. The maximum atomic E-state index is 6.53. The quantitative estimate of drug-likeness (QED) is 0.721. The van der Waals surface area contributed by atoms with Crippen LogP contribution in [0, 0.1) is 5.92 Å². The second kappa shape index (κ2) is 7.62. The van der Waals surface area contributed by atoms with Crippen molar-refractivity contribution in [3.63, 3.8) is 0 Å². The number of para-hydroxylation sites is 1. The van der Waals surface area contributed by atoms with Gasteiger partial charge in [0.05, 0.1) is 26.0 Å². The SMILES string of the molecule is COc1ccc(C2=NN3C(C2)c2ccccc2OC3C2CCCCC2)cc1OC. The van der Waals surface area contributed by atoms with Crippen LogP contribution in [0.25, 0.3) is 0 Å². The molecule has 2 aliphatic heterocycles. The molecule has 2 aromatic carbocycles. The van der Waals surface area contributed by atoms with Gasteiger partial charge in [-0.3, -0.25) is 0 Å². The van der Waals surface area contributed by atoms with Crippen molar-refractivity contribution in [1.82, 2.24) is 5.01 Å². The van der Waals surface area contributed by atoms with Gasteiger partial charge in [0, 0.05) is 23.5 Å². The third-order valence-electron chi connectivity index (χ3n) is 6.50. The molecule has 1 aliphatic carbocycles. The van der Waals surface area contributed by atoms with Crippen molar-refractivity contribution >= 4 is 5.71 Å². The number of fused-ring (bicyclic) bond motifs is 3. The molecule has 2 unspecified atom stereocenters. The van der Waals surface area contributed by atoms with Crippen molar-refractivity contribution in [3.05, 3.63) is 53.6 Å². The molecule has 2 atom stereocenters. The summed E-state index contributed by atoms with van der Waals surface area (Å²) < 4.78 is 17.4. The highest BCUT2D eigenvalue weighted by Gasteiger charge is 2.43. The number of nitrogens with zero attached hydrogens (tertiary/aromatic N) is 2. The van der Waals surface area contributed by atoms with Gasteiger partial charge in [-0.2, -0.15) is 5.10 Å². The highest BCUT2D eigenvalue weighted by Crippen LogP contribution is 2.46. The molecule has 0 radical (unpaired) electrons. The van der Waals surface area contributed by atoms with E-state index in [-0.39, 0.29) is 12.3 Å². The van der Waals surface area contributed by atoms with Crippen LogP contribution in [-0.2, 0) is 0 Å². The first-order valence-electron chi connectivity index (χ1n) is 10.6. The standard InChI is InChI=1S/C24H28N2O3/c1-27-22-13-12-17(14-23(22)28-2)19-15-20-18-10-6-7-11-21(18)29-24(26(20)25-19)16-8-4-3-5-9-16/h6-7,10-14,16,20,24H,3-5,8-9,15H2,1-2H3. The minimum atomic E-state index is 0.0212. The first-order valence-corrected chi connectivity index (χ1v) is 10.6. The molecular weight excluding hydrogens is 364 g/mol. The zero-order valence-corrected chi connectivity index (χ0v) is 17.1. The van der Waals surface area contributed by atoms with Gasteiger partial charge in [-0.25, -0.2) is 5.01 Å². The van der Waals surface area contributed by atoms with Gasteiger partial charge in [0.2, 0.25) is 0 Å². The largest absolute Gasteiger partial charge is 0.493 e. The van der Waals surface area contributed by atoms with E-state index in [1.165, 1.54) is 37.7 Å². The van der Waals surface area contributed by atoms with E-state index in [4.69, 9.17) is 19.3 Å². The van der Waals surface area contributed by atoms with E-state index in [2.05, 4.69) is 35.3 Å². The van der Waals surface area contributed by atoms with Crippen LogP contribution in [0.1, 0.15) is 55.7 Å². The zero-order chi connectivity index (χ0) is 19.8. The number of methoxy groups -OCH3 is 2. The third kappa shape index (κ3) is 3.22. The lowest BCUT2D eigenvalue weighted by atomic mass is 9.86. The number of hydrogen-bond donors (Lipinski definition) is 0. The van der Waals surface area contributed by atoms with Crippen LogP contribution in [0.4, 0.5) is 0 Å². The Balaban J connectivity index is 1.51. The molecule has 0 N–H and O–H groups in total. The number of hydrazone groups is 1. The molecule has 0 spiro atoms. The van der Waals surface area contributed by atoms with Crippen LogP contribution >= 0.6 is 0 Å². The molecule has 152 valence electrons. The summed E-state index contributed by atoms with van der Waals surface area (Å²) in [6, 6.07) is 14.7. The van der Waals surface area contributed by atoms with E-state index < -0.39 is 0 Å². The maximum absolute atomic E-state index is 6.53. The van der Waals surface area contributed by atoms with E-state index in [1.54, 1.807) is 14.2 Å². The summed E-state index contributed by atoms with van der Waals surface area (Å²) in [4.78, 5) is 0. The fraction of sp³-hybridized carbons (Fsp3) is 0.458. The van der Waals surface area contributed by atoms with Crippen LogP contribution in [0.2, 0.25) is 0 Å². The normalized spacial score (nSPS) is 23.7. The van der Waals surface area contributed by atoms with Crippen molar-refractivity contribution in [3.8, 4) is 17.2 Å². The van der Waals surface area contributed by atoms with Crippen LogP contribution in [0.5, 0.6) is 17.2 Å². The zero-order valence-electron chi connectivity index (χ0n) is 17.1. The molecule has 2 heterocycles. The lowest BCUT2D eigenvalue weighted by Crippen LogP contribution is -2.45. The molecule has 0 aromatic heterocycles. The predicted octanol–water partition coefficient (Wildman–Crippen LogP) is 5.15. The van der Waals surface area contributed by atoms with E-state index in [0.29, 0.717) is 5.92 Å². The average Bonchev–Trinajstić information content (AvgIpc) is 3.24. The molecule has 5 heteroatoms. The fourth-order valence-corrected chi connectivity index (χ4v) is 4.98. The summed E-state index contributed by atoms with van der Waals surface area (Å²) in [7, 11) is 3.33. The summed E-state index contributed by atoms with van der Waals surface area (Å²) >= 11 is 0.